The third-order valence-corrected chi connectivity index (χ3v) is 6.97. The van der Waals surface area contributed by atoms with E-state index in [1.165, 1.54) is 5.56 Å². The molecule has 4 rings (SSSR count). The number of methoxy groups -OCH3 is 1. The van der Waals surface area contributed by atoms with E-state index in [1.807, 2.05) is 32.0 Å². The molecule has 1 atom stereocenters. The summed E-state index contributed by atoms with van der Waals surface area (Å²) >= 11 is 0. The summed E-state index contributed by atoms with van der Waals surface area (Å²) in [6.45, 7) is 11.7. The van der Waals surface area contributed by atoms with Gasteiger partial charge in [0.25, 0.3) is 5.89 Å². The normalized spacial score (nSPS) is 18.2. The van der Waals surface area contributed by atoms with E-state index in [0.717, 1.165) is 18.7 Å². The lowest BCUT2D eigenvalue weighted by Crippen LogP contribution is -2.63. The van der Waals surface area contributed by atoms with Crippen LogP contribution >= 0.6 is 0 Å². The average molecular weight is 451 g/mol. The number of hydrogen-bond acceptors (Lipinski definition) is 7. The van der Waals surface area contributed by atoms with Crippen molar-refractivity contribution < 1.29 is 14.4 Å². The SMILES string of the molecule is COC(C)(C)c1nc(-c2cncc(C(O)(c3ccc(C(C)C)cc3)C3(C)CN(C)C3)c2)no1. The van der Waals surface area contributed by atoms with Crippen LogP contribution in [0.15, 0.2) is 47.2 Å². The van der Waals surface area contributed by atoms with Crippen molar-refractivity contribution in [3.8, 4) is 11.4 Å². The first-order chi connectivity index (χ1) is 15.5. The van der Waals surface area contributed by atoms with Crippen LogP contribution in [0.1, 0.15) is 63.1 Å². The van der Waals surface area contributed by atoms with Gasteiger partial charge < -0.3 is 19.3 Å². The lowest BCUT2D eigenvalue weighted by atomic mass is 9.62. The lowest BCUT2D eigenvalue weighted by molar-refractivity contribution is -0.127. The average Bonchev–Trinajstić information content (AvgIpc) is 3.29. The minimum atomic E-state index is -1.23. The predicted molar refractivity (Wildman–Crippen MR) is 127 cm³/mol. The summed E-state index contributed by atoms with van der Waals surface area (Å²) in [4.78, 5) is 11.2. The fourth-order valence-corrected chi connectivity index (χ4v) is 4.78. The van der Waals surface area contributed by atoms with Gasteiger partial charge in [0.2, 0.25) is 5.82 Å². The highest BCUT2D eigenvalue weighted by Gasteiger charge is 2.55. The van der Waals surface area contributed by atoms with E-state index in [4.69, 9.17) is 9.26 Å². The largest absolute Gasteiger partial charge is 0.380 e. The van der Waals surface area contributed by atoms with Gasteiger partial charge in [-0.1, -0.05) is 50.2 Å². The third kappa shape index (κ3) is 3.98. The maximum absolute atomic E-state index is 12.4. The Labute approximate surface area is 195 Å². The molecule has 0 saturated carbocycles. The molecule has 1 aliphatic heterocycles. The van der Waals surface area contributed by atoms with Crippen molar-refractivity contribution >= 4 is 0 Å². The highest BCUT2D eigenvalue weighted by molar-refractivity contribution is 5.56. The first kappa shape index (κ1) is 23.5. The smallest absolute Gasteiger partial charge is 0.258 e. The Balaban J connectivity index is 1.79. The van der Waals surface area contributed by atoms with Crippen LogP contribution in [0.4, 0.5) is 0 Å². The van der Waals surface area contributed by atoms with Gasteiger partial charge in [0.1, 0.15) is 11.2 Å². The summed E-state index contributed by atoms with van der Waals surface area (Å²) in [5, 5.41) is 16.5. The highest BCUT2D eigenvalue weighted by atomic mass is 16.5. The van der Waals surface area contributed by atoms with Crippen LogP contribution in [0.25, 0.3) is 11.4 Å². The van der Waals surface area contributed by atoms with E-state index >= 15 is 0 Å². The molecule has 1 N–H and O–H groups in total. The Morgan fingerprint density at radius 1 is 1.12 bits per heavy atom. The summed E-state index contributed by atoms with van der Waals surface area (Å²) in [7, 11) is 3.67. The first-order valence-corrected chi connectivity index (χ1v) is 11.4. The van der Waals surface area contributed by atoms with Crippen molar-refractivity contribution in [3.63, 3.8) is 0 Å². The van der Waals surface area contributed by atoms with Crippen molar-refractivity contribution in [1.82, 2.24) is 20.0 Å². The zero-order chi connectivity index (χ0) is 24.0. The monoisotopic (exact) mass is 450 g/mol. The summed E-state index contributed by atoms with van der Waals surface area (Å²) in [5.74, 6) is 1.22. The third-order valence-electron chi connectivity index (χ3n) is 6.97. The number of ether oxygens (including phenoxy) is 1. The molecule has 0 bridgehead atoms. The molecule has 0 aliphatic carbocycles. The minimum Gasteiger partial charge on any atom is -0.380 e. The molecule has 0 amide bonds. The van der Waals surface area contributed by atoms with Crippen molar-refractivity contribution in [2.45, 2.75) is 51.7 Å². The molecule has 1 aromatic carbocycles. The van der Waals surface area contributed by atoms with Gasteiger partial charge in [-0.25, -0.2) is 0 Å². The number of pyridine rings is 1. The van der Waals surface area contributed by atoms with Crippen LogP contribution in [0.5, 0.6) is 0 Å². The maximum Gasteiger partial charge on any atom is 0.258 e. The molecule has 33 heavy (non-hydrogen) atoms. The van der Waals surface area contributed by atoms with Gasteiger partial charge in [-0.15, -0.1) is 0 Å². The zero-order valence-corrected chi connectivity index (χ0v) is 20.6. The fourth-order valence-electron chi connectivity index (χ4n) is 4.78. The second kappa shape index (κ2) is 8.31. The van der Waals surface area contributed by atoms with Crippen molar-refractivity contribution in [1.29, 1.82) is 0 Å². The molecule has 0 radical (unpaired) electrons. The number of benzene rings is 1. The Bertz CT molecular complexity index is 1120. The standard InChI is InChI=1S/C26H34N4O3/c1-17(2)18-8-10-20(11-9-18)26(31,25(5)15-30(6)16-25)21-12-19(13-27-14-21)22-28-23(33-29-22)24(3,4)32-7/h8-14,17,31H,15-16H2,1-7H3. The number of aromatic nitrogens is 3. The van der Waals surface area contributed by atoms with E-state index in [9.17, 15) is 5.11 Å². The van der Waals surface area contributed by atoms with E-state index in [2.05, 4.69) is 60.0 Å². The van der Waals surface area contributed by atoms with Crippen LogP contribution in [-0.4, -0.2) is 52.4 Å². The van der Waals surface area contributed by atoms with Crippen molar-refractivity contribution in [3.05, 3.63) is 65.3 Å². The van der Waals surface area contributed by atoms with E-state index < -0.39 is 11.2 Å². The minimum absolute atomic E-state index is 0.373. The molecule has 1 fully saturated rings. The molecule has 0 spiro atoms. The van der Waals surface area contributed by atoms with Crippen LogP contribution in [0.2, 0.25) is 0 Å². The number of nitrogens with zero attached hydrogens (tertiary/aromatic N) is 4. The Morgan fingerprint density at radius 3 is 2.36 bits per heavy atom. The van der Waals surface area contributed by atoms with Gasteiger partial charge in [-0.3, -0.25) is 4.98 Å². The Hall–Kier alpha value is -2.61. The molecule has 7 nitrogen and oxygen atoms in total. The fraction of sp³-hybridized carbons (Fsp3) is 0.500. The highest BCUT2D eigenvalue weighted by Crippen LogP contribution is 2.50. The summed E-state index contributed by atoms with van der Waals surface area (Å²) in [6, 6.07) is 10.2. The summed E-state index contributed by atoms with van der Waals surface area (Å²) in [5.41, 5.74) is 1.20. The maximum atomic E-state index is 12.4. The molecular weight excluding hydrogens is 416 g/mol. The molecule has 7 heteroatoms. The van der Waals surface area contributed by atoms with E-state index in [1.54, 1.807) is 19.5 Å². The molecule has 2 aromatic heterocycles. The molecule has 1 saturated heterocycles. The second-order valence-corrected chi connectivity index (χ2v) is 10.3. The summed E-state index contributed by atoms with van der Waals surface area (Å²) in [6.07, 6.45) is 3.43. The molecular formula is C26H34N4O3. The molecule has 3 heterocycles. The predicted octanol–water partition coefficient (Wildman–Crippen LogP) is 4.32. The number of hydrogen-bond donors (Lipinski definition) is 1. The molecule has 1 aliphatic rings. The van der Waals surface area contributed by atoms with Gasteiger partial charge in [-0.05, 0) is 44.0 Å². The second-order valence-electron chi connectivity index (χ2n) is 10.3. The molecule has 1 unspecified atom stereocenters. The Kier molecular flexibility index (Phi) is 5.93. The lowest BCUT2D eigenvalue weighted by Gasteiger charge is -2.55. The number of rotatable bonds is 7. The number of aliphatic hydroxyl groups is 1. The van der Waals surface area contributed by atoms with Gasteiger partial charge in [-0.2, -0.15) is 4.98 Å². The summed E-state index contributed by atoms with van der Waals surface area (Å²) < 4.78 is 10.9. The molecule has 3 aromatic rings. The quantitative estimate of drug-likeness (QED) is 0.574. The van der Waals surface area contributed by atoms with Crippen molar-refractivity contribution in [2.75, 3.05) is 27.2 Å². The van der Waals surface area contributed by atoms with E-state index in [0.29, 0.717) is 28.8 Å². The van der Waals surface area contributed by atoms with Crippen LogP contribution < -0.4 is 0 Å². The van der Waals surface area contributed by atoms with Gasteiger partial charge >= 0.3 is 0 Å². The first-order valence-electron chi connectivity index (χ1n) is 11.4. The van der Waals surface area contributed by atoms with Gasteiger partial charge in [0.15, 0.2) is 0 Å². The Morgan fingerprint density at radius 2 is 1.79 bits per heavy atom. The van der Waals surface area contributed by atoms with Gasteiger partial charge in [0, 0.05) is 49.1 Å². The molecule has 176 valence electrons. The number of likely N-dealkylation sites (tertiary alicyclic amines) is 1. The van der Waals surface area contributed by atoms with Crippen LogP contribution in [0, 0.1) is 5.41 Å². The van der Waals surface area contributed by atoms with E-state index in [-0.39, 0.29) is 5.41 Å². The zero-order valence-electron chi connectivity index (χ0n) is 20.6. The van der Waals surface area contributed by atoms with Gasteiger partial charge in [0.05, 0.1) is 0 Å². The van der Waals surface area contributed by atoms with Crippen molar-refractivity contribution in [2.24, 2.45) is 5.41 Å². The van der Waals surface area contributed by atoms with Crippen LogP contribution in [-0.2, 0) is 15.9 Å². The topological polar surface area (TPSA) is 84.5 Å². The van der Waals surface area contributed by atoms with Crippen LogP contribution in [0.3, 0.4) is 0 Å².